The zero-order valence-electron chi connectivity index (χ0n) is 21.9. The third-order valence-electron chi connectivity index (χ3n) is 6.76. The summed E-state index contributed by atoms with van der Waals surface area (Å²) in [6, 6.07) is 0.340. The Bertz CT molecular complexity index is 1200. The van der Waals surface area contributed by atoms with Crippen LogP contribution in [0.2, 0.25) is 0 Å². The van der Waals surface area contributed by atoms with Gasteiger partial charge in [-0.25, -0.2) is 14.5 Å². The number of anilines is 3. The number of aromatic nitrogens is 5. The van der Waals surface area contributed by atoms with Crippen molar-refractivity contribution < 1.29 is 13.2 Å². The molecule has 0 amide bonds. The van der Waals surface area contributed by atoms with Crippen LogP contribution in [0, 0.1) is 12.8 Å². The van der Waals surface area contributed by atoms with Gasteiger partial charge >= 0.3 is 6.18 Å². The van der Waals surface area contributed by atoms with E-state index in [0.717, 1.165) is 49.4 Å². The van der Waals surface area contributed by atoms with Crippen molar-refractivity contribution in [1.29, 1.82) is 0 Å². The lowest BCUT2D eigenvalue weighted by Gasteiger charge is -2.34. The van der Waals surface area contributed by atoms with Crippen molar-refractivity contribution in [2.45, 2.75) is 58.2 Å². The summed E-state index contributed by atoms with van der Waals surface area (Å²) in [5.74, 6) is 1.55. The van der Waals surface area contributed by atoms with Crippen molar-refractivity contribution in [3.8, 4) is 0 Å². The number of hydrogen-bond donors (Lipinski definition) is 2. The minimum absolute atomic E-state index is 0.0171. The van der Waals surface area contributed by atoms with E-state index in [1.54, 1.807) is 13.1 Å². The fourth-order valence-electron chi connectivity index (χ4n) is 5.00. The number of imidazole rings is 1. The maximum Gasteiger partial charge on any atom is 0.408 e. The average Bonchev–Trinajstić information content (AvgIpc) is 3.22. The first kappa shape index (κ1) is 26.9. The van der Waals surface area contributed by atoms with Crippen molar-refractivity contribution in [2.24, 2.45) is 5.92 Å². The summed E-state index contributed by atoms with van der Waals surface area (Å²) >= 11 is 0. The lowest BCUT2D eigenvalue weighted by atomic mass is 9.96. The molecule has 0 saturated carbocycles. The molecule has 4 rings (SSSR count). The largest absolute Gasteiger partial charge is 0.408 e. The molecule has 1 fully saturated rings. The van der Waals surface area contributed by atoms with Gasteiger partial charge in [-0.3, -0.25) is 0 Å². The average molecular weight is 520 g/mol. The monoisotopic (exact) mass is 519 g/mol. The Balaban J connectivity index is 1.51. The summed E-state index contributed by atoms with van der Waals surface area (Å²) in [6.07, 6.45) is 2.06. The predicted molar refractivity (Wildman–Crippen MR) is 139 cm³/mol. The first-order chi connectivity index (χ1) is 17.5. The van der Waals surface area contributed by atoms with E-state index >= 15 is 0 Å². The molecule has 0 aliphatic carbocycles. The van der Waals surface area contributed by atoms with Gasteiger partial charge in [-0.1, -0.05) is 19.4 Å². The molecule has 9 nitrogen and oxygen atoms in total. The van der Waals surface area contributed by atoms with Crippen LogP contribution >= 0.6 is 0 Å². The highest BCUT2D eigenvalue weighted by molar-refractivity contribution is 5.61. The second-order valence-electron chi connectivity index (χ2n) is 10.2. The van der Waals surface area contributed by atoms with E-state index < -0.39 is 12.2 Å². The summed E-state index contributed by atoms with van der Waals surface area (Å²) in [5, 5.41) is 6.69. The molecular formula is C25H36F3N9. The Hall–Kier alpha value is -3.15. The summed E-state index contributed by atoms with van der Waals surface area (Å²) in [5.41, 5.74) is 9.04. The number of piperidine rings is 1. The molecule has 1 aliphatic heterocycles. The van der Waals surface area contributed by atoms with E-state index in [2.05, 4.69) is 57.3 Å². The van der Waals surface area contributed by atoms with Crippen molar-refractivity contribution in [3.05, 3.63) is 35.3 Å². The summed E-state index contributed by atoms with van der Waals surface area (Å²) < 4.78 is 41.7. The van der Waals surface area contributed by atoms with Crippen LogP contribution in [0.4, 0.5) is 30.8 Å². The standard InChI is InChI=1S/C25H36F3N9/c1-5-6-20(25(26,27)28)32-24-33-21(29)23-31-14-19(37(23)34-24)12-18-11-16(2)22(30-13-18)36-9-7-17(8-10-36)15-35(3)4/h11,13-14,17,20H,5-10,12,15H2,1-4H3,(H3,29,32,33,34). The Morgan fingerprint density at radius 2 is 1.92 bits per heavy atom. The van der Waals surface area contributed by atoms with Gasteiger partial charge in [0.1, 0.15) is 11.9 Å². The Morgan fingerprint density at radius 1 is 1.19 bits per heavy atom. The van der Waals surface area contributed by atoms with E-state index in [4.69, 9.17) is 10.7 Å². The number of nitrogen functional groups attached to an aromatic ring is 1. The topological polar surface area (TPSA) is 100 Å². The van der Waals surface area contributed by atoms with Crippen LogP contribution in [0.15, 0.2) is 18.5 Å². The van der Waals surface area contributed by atoms with Gasteiger partial charge < -0.3 is 20.9 Å². The Labute approximate surface area is 215 Å². The zero-order valence-corrected chi connectivity index (χ0v) is 21.9. The third kappa shape index (κ3) is 6.41. The molecular weight excluding hydrogens is 483 g/mol. The van der Waals surface area contributed by atoms with E-state index in [9.17, 15) is 13.2 Å². The molecule has 0 radical (unpaired) electrons. The maximum atomic E-state index is 13.4. The minimum Gasteiger partial charge on any atom is -0.380 e. The molecule has 37 heavy (non-hydrogen) atoms. The van der Waals surface area contributed by atoms with Crippen LogP contribution in [0.3, 0.4) is 0 Å². The predicted octanol–water partition coefficient (Wildman–Crippen LogP) is 3.92. The normalized spacial score (nSPS) is 16.1. The van der Waals surface area contributed by atoms with E-state index in [1.807, 2.05) is 6.20 Å². The SMILES string of the molecule is CCCC(Nc1nc(N)c2ncc(Cc3cnc(N4CCC(CN(C)C)CC4)c(C)c3)n2n1)C(F)(F)F. The van der Waals surface area contributed by atoms with Crippen LogP contribution in [-0.2, 0) is 6.42 Å². The van der Waals surface area contributed by atoms with Crippen LogP contribution in [0.1, 0.15) is 49.4 Å². The Morgan fingerprint density at radius 3 is 2.54 bits per heavy atom. The van der Waals surface area contributed by atoms with E-state index in [1.165, 1.54) is 4.52 Å². The van der Waals surface area contributed by atoms with Gasteiger partial charge in [0.15, 0.2) is 11.5 Å². The Kier molecular flexibility index (Phi) is 8.05. The van der Waals surface area contributed by atoms with Crippen LogP contribution in [0.5, 0.6) is 0 Å². The van der Waals surface area contributed by atoms with E-state index in [-0.39, 0.29) is 18.2 Å². The zero-order chi connectivity index (χ0) is 26.7. The van der Waals surface area contributed by atoms with Crippen LogP contribution in [-0.4, -0.2) is 75.4 Å². The number of aryl methyl sites for hydroxylation is 1. The summed E-state index contributed by atoms with van der Waals surface area (Å²) in [6.45, 7) is 6.84. The van der Waals surface area contributed by atoms with Crippen molar-refractivity contribution >= 4 is 23.2 Å². The van der Waals surface area contributed by atoms with Crippen LogP contribution in [0.25, 0.3) is 5.65 Å². The quantitative estimate of drug-likeness (QED) is 0.439. The number of alkyl halides is 3. The molecule has 0 aromatic carbocycles. The number of rotatable bonds is 9. The summed E-state index contributed by atoms with van der Waals surface area (Å²) in [7, 11) is 4.23. The number of pyridine rings is 1. The van der Waals surface area contributed by atoms with Gasteiger partial charge in [0.25, 0.3) is 0 Å². The highest BCUT2D eigenvalue weighted by Crippen LogP contribution is 2.28. The number of fused-ring (bicyclic) bond motifs is 1. The van der Waals surface area contributed by atoms with Crippen molar-refractivity contribution in [1.82, 2.24) is 29.5 Å². The molecule has 3 aromatic heterocycles. The molecule has 12 heteroatoms. The van der Waals surface area contributed by atoms with E-state index in [0.29, 0.717) is 30.1 Å². The molecule has 0 bridgehead atoms. The van der Waals surface area contributed by atoms with Crippen molar-refractivity contribution in [2.75, 3.05) is 49.7 Å². The van der Waals surface area contributed by atoms with Crippen molar-refractivity contribution in [3.63, 3.8) is 0 Å². The second-order valence-corrected chi connectivity index (χ2v) is 10.2. The highest BCUT2D eigenvalue weighted by atomic mass is 19.4. The third-order valence-corrected chi connectivity index (χ3v) is 6.76. The number of nitrogens with two attached hydrogens (primary N) is 1. The minimum atomic E-state index is -4.42. The molecule has 1 saturated heterocycles. The van der Waals surface area contributed by atoms with Gasteiger partial charge in [0.05, 0.1) is 11.9 Å². The first-order valence-corrected chi connectivity index (χ1v) is 12.7. The molecule has 1 aliphatic rings. The fraction of sp³-hybridized carbons (Fsp3) is 0.600. The lowest BCUT2D eigenvalue weighted by Crippen LogP contribution is -2.37. The number of nitrogens with zero attached hydrogens (tertiary/aromatic N) is 7. The van der Waals surface area contributed by atoms with Gasteiger partial charge in [-0.2, -0.15) is 18.2 Å². The first-order valence-electron chi connectivity index (χ1n) is 12.7. The smallest absolute Gasteiger partial charge is 0.380 e. The van der Waals surface area contributed by atoms with Gasteiger partial charge in [-0.05, 0) is 57.3 Å². The second kappa shape index (κ2) is 11.1. The highest BCUT2D eigenvalue weighted by Gasteiger charge is 2.39. The number of nitrogens with one attached hydrogen (secondary N) is 1. The molecule has 202 valence electrons. The summed E-state index contributed by atoms with van der Waals surface area (Å²) in [4.78, 5) is 17.7. The van der Waals surface area contributed by atoms with Gasteiger partial charge in [0.2, 0.25) is 5.95 Å². The van der Waals surface area contributed by atoms with Gasteiger partial charge in [0, 0.05) is 32.3 Å². The number of hydrogen-bond acceptors (Lipinski definition) is 8. The molecule has 4 heterocycles. The van der Waals surface area contributed by atoms with Gasteiger partial charge in [-0.15, -0.1) is 5.10 Å². The molecule has 3 N–H and O–H groups in total. The van der Waals surface area contributed by atoms with Crippen LogP contribution < -0.4 is 16.0 Å². The number of halogens is 3. The molecule has 3 aromatic rings. The maximum absolute atomic E-state index is 13.4. The molecule has 1 atom stereocenters. The lowest BCUT2D eigenvalue weighted by molar-refractivity contribution is -0.143. The molecule has 0 spiro atoms. The molecule has 1 unspecified atom stereocenters. The fourth-order valence-corrected chi connectivity index (χ4v) is 5.00.